The molecule has 0 aromatic rings. The van der Waals surface area contributed by atoms with E-state index in [1.54, 1.807) is 6.92 Å². The second kappa shape index (κ2) is 12.8. The summed E-state index contributed by atoms with van der Waals surface area (Å²) >= 11 is 0. The topological polar surface area (TPSA) is 34.1 Å². The lowest BCUT2D eigenvalue weighted by molar-refractivity contribution is -0.119. The number of carbonyl (C=O) groups excluding carboxylic acids is 2. The molecule has 0 heterocycles. The SMILES string of the molecule is CCCC(=O)CCCCCCCCCCC(C)=O. The highest BCUT2D eigenvalue weighted by atomic mass is 16.1. The van der Waals surface area contributed by atoms with E-state index >= 15 is 0 Å². The Kier molecular flexibility index (Phi) is 12.3. The van der Waals surface area contributed by atoms with Crippen LogP contribution in [0.4, 0.5) is 0 Å². The molecule has 0 radical (unpaired) electrons. The van der Waals surface area contributed by atoms with Gasteiger partial charge in [0.2, 0.25) is 0 Å². The van der Waals surface area contributed by atoms with Gasteiger partial charge in [0.25, 0.3) is 0 Å². The first-order chi connectivity index (χ1) is 8.66. The first-order valence-electron chi connectivity index (χ1n) is 7.68. The van der Waals surface area contributed by atoms with Crippen LogP contribution in [-0.2, 0) is 9.59 Å². The molecule has 0 aliphatic heterocycles. The molecule has 0 unspecified atom stereocenters. The summed E-state index contributed by atoms with van der Waals surface area (Å²) in [5.74, 6) is 0.744. The summed E-state index contributed by atoms with van der Waals surface area (Å²) in [6.07, 6.45) is 12.9. The maximum Gasteiger partial charge on any atom is 0.132 e. The number of Topliss-reactive ketones (excluding diaryl/α,β-unsaturated/α-hetero) is 2. The number of carbonyl (C=O) groups is 2. The van der Waals surface area contributed by atoms with E-state index in [0.29, 0.717) is 11.6 Å². The van der Waals surface area contributed by atoms with Crippen molar-refractivity contribution in [3.8, 4) is 0 Å². The first kappa shape index (κ1) is 17.3. The second-order valence-corrected chi connectivity index (χ2v) is 5.32. The maximum absolute atomic E-state index is 11.3. The number of ketones is 2. The third-order valence-corrected chi connectivity index (χ3v) is 3.26. The van der Waals surface area contributed by atoms with Crippen LogP contribution in [-0.4, -0.2) is 11.6 Å². The van der Waals surface area contributed by atoms with Gasteiger partial charge in [-0.15, -0.1) is 0 Å². The Bertz CT molecular complexity index is 221. The van der Waals surface area contributed by atoms with Crippen LogP contribution in [0.2, 0.25) is 0 Å². The van der Waals surface area contributed by atoms with Crippen molar-refractivity contribution in [2.45, 2.75) is 90.9 Å². The highest BCUT2D eigenvalue weighted by molar-refractivity contribution is 5.78. The van der Waals surface area contributed by atoms with Gasteiger partial charge in [0.05, 0.1) is 0 Å². The summed E-state index contributed by atoms with van der Waals surface area (Å²) < 4.78 is 0. The Hall–Kier alpha value is -0.660. The van der Waals surface area contributed by atoms with Crippen LogP contribution >= 0.6 is 0 Å². The Balaban J connectivity index is 3.07. The Morgan fingerprint density at radius 2 is 1.11 bits per heavy atom. The van der Waals surface area contributed by atoms with Crippen LogP contribution in [0.5, 0.6) is 0 Å². The Morgan fingerprint density at radius 1 is 0.667 bits per heavy atom. The van der Waals surface area contributed by atoms with Crippen molar-refractivity contribution in [2.24, 2.45) is 0 Å². The number of hydrogen-bond acceptors (Lipinski definition) is 2. The lowest BCUT2D eigenvalue weighted by Gasteiger charge is -2.02. The molecule has 0 aromatic carbocycles. The maximum atomic E-state index is 11.3. The monoisotopic (exact) mass is 254 g/mol. The van der Waals surface area contributed by atoms with Crippen molar-refractivity contribution >= 4 is 11.6 Å². The number of hydrogen-bond donors (Lipinski definition) is 0. The molecule has 0 aliphatic rings. The lowest BCUT2D eigenvalue weighted by atomic mass is 10.0. The molecule has 0 spiro atoms. The zero-order chi connectivity index (χ0) is 13.6. The molecule has 18 heavy (non-hydrogen) atoms. The van der Waals surface area contributed by atoms with E-state index in [9.17, 15) is 9.59 Å². The normalized spacial score (nSPS) is 10.6. The molecule has 106 valence electrons. The predicted octanol–water partition coefficient (Wildman–Crippen LogP) is 4.85. The van der Waals surface area contributed by atoms with E-state index in [-0.39, 0.29) is 0 Å². The van der Waals surface area contributed by atoms with Crippen molar-refractivity contribution in [3.63, 3.8) is 0 Å². The molecule has 0 bridgehead atoms. The number of rotatable bonds is 13. The van der Waals surface area contributed by atoms with Crippen molar-refractivity contribution in [2.75, 3.05) is 0 Å². The quantitative estimate of drug-likeness (QED) is 0.440. The molecule has 0 atom stereocenters. The van der Waals surface area contributed by atoms with E-state index in [1.165, 1.54) is 38.5 Å². The molecular formula is C16H30O2. The summed E-state index contributed by atoms with van der Waals surface area (Å²) in [4.78, 5) is 22.0. The summed E-state index contributed by atoms with van der Waals surface area (Å²) in [5, 5.41) is 0. The minimum atomic E-state index is 0.312. The fourth-order valence-corrected chi connectivity index (χ4v) is 2.16. The smallest absolute Gasteiger partial charge is 0.132 e. The van der Waals surface area contributed by atoms with Gasteiger partial charge in [0.15, 0.2) is 0 Å². The van der Waals surface area contributed by atoms with Gasteiger partial charge in [-0.2, -0.15) is 0 Å². The highest BCUT2D eigenvalue weighted by Crippen LogP contribution is 2.11. The zero-order valence-corrected chi connectivity index (χ0v) is 12.3. The van der Waals surface area contributed by atoms with E-state index < -0.39 is 0 Å². The molecule has 0 N–H and O–H groups in total. The number of unbranched alkanes of at least 4 members (excludes halogenated alkanes) is 7. The molecule has 2 nitrogen and oxygen atoms in total. The summed E-state index contributed by atoms with van der Waals surface area (Å²) in [5.41, 5.74) is 0. The third-order valence-electron chi connectivity index (χ3n) is 3.26. The third kappa shape index (κ3) is 13.4. The van der Waals surface area contributed by atoms with Gasteiger partial charge < -0.3 is 4.79 Å². The van der Waals surface area contributed by atoms with Crippen LogP contribution in [0.25, 0.3) is 0 Å². The lowest BCUT2D eigenvalue weighted by Crippen LogP contribution is -1.96. The average molecular weight is 254 g/mol. The zero-order valence-electron chi connectivity index (χ0n) is 12.3. The minimum absolute atomic E-state index is 0.312. The molecular weight excluding hydrogens is 224 g/mol. The van der Waals surface area contributed by atoms with Gasteiger partial charge in [-0.1, -0.05) is 45.4 Å². The van der Waals surface area contributed by atoms with Gasteiger partial charge in [0, 0.05) is 19.3 Å². The Morgan fingerprint density at radius 3 is 1.56 bits per heavy atom. The molecule has 0 fully saturated rings. The van der Waals surface area contributed by atoms with Crippen LogP contribution in [0.1, 0.15) is 90.9 Å². The van der Waals surface area contributed by atoms with Crippen LogP contribution in [0.15, 0.2) is 0 Å². The van der Waals surface area contributed by atoms with E-state index in [4.69, 9.17) is 0 Å². The fourth-order valence-electron chi connectivity index (χ4n) is 2.16. The summed E-state index contributed by atoms with van der Waals surface area (Å²) in [7, 11) is 0. The predicted molar refractivity (Wildman–Crippen MR) is 76.8 cm³/mol. The minimum Gasteiger partial charge on any atom is -0.300 e. The van der Waals surface area contributed by atoms with Crippen molar-refractivity contribution in [3.05, 3.63) is 0 Å². The first-order valence-corrected chi connectivity index (χ1v) is 7.68. The standard InChI is InChI=1S/C16H30O2/c1-3-12-16(18)14-11-9-7-5-4-6-8-10-13-15(2)17/h3-14H2,1-2H3. The van der Waals surface area contributed by atoms with Gasteiger partial charge in [-0.25, -0.2) is 0 Å². The van der Waals surface area contributed by atoms with Crippen LogP contribution < -0.4 is 0 Å². The van der Waals surface area contributed by atoms with E-state index in [2.05, 4.69) is 6.92 Å². The van der Waals surface area contributed by atoms with Gasteiger partial charge in [0.1, 0.15) is 11.6 Å². The molecule has 0 rings (SSSR count). The molecule has 0 aliphatic carbocycles. The van der Waals surface area contributed by atoms with Crippen molar-refractivity contribution in [1.82, 2.24) is 0 Å². The molecule has 0 saturated carbocycles. The van der Waals surface area contributed by atoms with Crippen molar-refractivity contribution < 1.29 is 9.59 Å². The highest BCUT2D eigenvalue weighted by Gasteiger charge is 1.99. The Labute approximate surface area is 113 Å². The largest absolute Gasteiger partial charge is 0.300 e. The van der Waals surface area contributed by atoms with E-state index in [1.807, 2.05) is 0 Å². The van der Waals surface area contributed by atoms with Crippen molar-refractivity contribution in [1.29, 1.82) is 0 Å². The summed E-state index contributed by atoms with van der Waals surface area (Å²) in [6.45, 7) is 3.73. The summed E-state index contributed by atoms with van der Waals surface area (Å²) in [6, 6.07) is 0. The van der Waals surface area contributed by atoms with Gasteiger partial charge in [-0.3, -0.25) is 4.79 Å². The van der Waals surface area contributed by atoms with Crippen LogP contribution in [0, 0.1) is 0 Å². The fraction of sp³-hybridized carbons (Fsp3) is 0.875. The molecule has 2 heteroatoms. The average Bonchev–Trinajstić information content (AvgIpc) is 2.31. The van der Waals surface area contributed by atoms with Gasteiger partial charge >= 0.3 is 0 Å². The van der Waals surface area contributed by atoms with E-state index in [0.717, 1.165) is 38.5 Å². The molecule has 0 amide bonds. The van der Waals surface area contributed by atoms with Gasteiger partial charge in [-0.05, 0) is 26.2 Å². The molecule has 0 saturated heterocycles. The van der Waals surface area contributed by atoms with Crippen LogP contribution in [0.3, 0.4) is 0 Å². The second-order valence-electron chi connectivity index (χ2n) is 5.32. The molecule has 0 aromatic heterocycles.